The minimum Gasteiger partial charge on any atom is -0.489 e. The molecule has 0 saturated carbocycles. The Labute approximate surface area is 199 Å². The first-order valence-electron chi connectivity index (χ1n) is 11.6. The van der Waals surface area contributed by atoms with Gasteiger partial charge in [0.05, 0.1) is 13.0 Å². The lowest BCUT2D eigenvalue weighted by Crippen LogP contribution is -2.12. The lowest BCUT2D eigenvalue weighted by Gasteiger charge is -2.19. The van der Waals surface area contributed by atoms with Crippen molar-refractivity contribution >= 4 is 27.6 Å². The van der Waals surface area contributed by atoms with Gasteiger partial charge in [-0.05, 0) is 46.5 Å². The van der Waals surface area contributed by atoms with Crippen LogP contribution in [-0.4, -0.2) is 17.6 Å². The summed E-state index contributed by atoms with van der Waals surface area (Å²) in [6.07, 6.45) is 2.29. The molecule has 0 aliphatic heterocycles. The van der Waals surface area contributed by atoms with Gasteiger partial charge in [-0.15, -0.1) is 0 Å². The first-order chi connectivity index (χ1) is 16.7. The fourth-order valence-corrected chi connectivity index (χ4v) is 4.58. The highest BCUT2D eigenvalue weighted by atomic mass is 16.5. The van der Waals surface area contributed by atoms with E-state index in [0.29, 0.717) is 13.2 Å². The molecule has 0 aliphatic carbocycles. The predicted molar refractivity (Wildman–Crippen MR) is 136 cm³/mol. The topological polar surface area (TPSA) is 51.3 Å². The van der Waals surface area contributed by atoms with E-state index in [9.17, 15) is 4.79 Å². The number of ether oxygens (including phenoxy) is 2. The molecule has 1 atom stereocenters. The molecular weight excluding hydrogens is 422 g/mol. The van der Waals surface area contributed by atoms with Crippen molar-refractivity contribution in [2.45, 2.75) is 25.9 Å². The Morgan fingerprint density at radius 3 is 2.50 bits per heavy atom. The summed E-state index contributed by atoms with van der Waals surface area (Å²) < 4.78 is 11.4. The highest BCUT2D eigenvalue weighted by molar-refractivity contribution is 5.90. The lowest BCUT2D eigenvalue weighted by atomic mass is 9.85. The summed E-state index contributed by atoms with van der Waals surface area (Å²) in [4.78, 5) is 16.0. The Balaban J connectivity index is 1.51. The SMILES string of the molecule is CCOC(=O)CC(c1cccc2ccccc12)c1c[nH]c2cc(OCc3ccccc3)ccc12. The zero-order valence-corrected chi connectivity index (χ0v) is 19.2. The number of carbonyl (C=O) groups excluding carboxylic acids is 1. The predicted octanol–water partition coefficient (Wildman–Crippen LogP) is 6.99. The minimum absolute atomic E-state index is 0.130. The van der Waals surface area contributed by atoms with E-state index in [4.69, 9.17) is 9.47 Å². The molecule has 1 aromatic heterocycles. The van der Waals surface area contributed by atoms with Gasteiger partial charge in [0, 0.05) is 29.1 Å². The number of nitrogens with one attached hydrogen (secondary N) is 1. The van der Waals surface area contributed by atoms with E-state index in [0.717, 1.165) is 44.1 Å². The Morgan fingerprint density at radius 2 is 1.65 bits per heavy atom. The normalized spacial score (nSPS) is 12.0. The summed E-state index contributed by atoms with van der Waals surface area (Å²) in [7, 11) is 0. The van der Waals surface area contributed by atoms with Gasteiger partial charge in [0.1, 0.15) is 12.4 Å². The zero-order valence-electron chi connectivity index (χ0n) is 19.2. The Morgan fingerprint density at radius 1 is 0.853 bits per heavy atom. The van der Waals surface area contributed by atoms with Crippen LogP contribution >= 0.6 is 0 Å². The van der Waals surface area contributed by atoms with Crippen LogP contribution in [0, 0.1) is 0 Å². The minimum atomic E-state index is -0.197. The quantitative estimate of drug-likeness (QED) is 0.260. The molecule has 34 heavy (non-hydrogen) atoms. The van der Waals surface area contributed by atoms with Crippen molar-refractivity contribution in [3.63, 3.8) is 0 Å². The van der Waals surface area contributed by atoms with Crippen molar-refractivity contribution in [3.8, 4) is 5.75 Å². The number of hydrogen-bond donors (Lipinski definition) is 1. The van der Waals surface area contributed by atoms with Crippen molar-refractivity contribution in [2.75, 3.05) is 6.61 Å². The summed E-state index contributed by atoms with van der Waals surface area (Å²) in [5.41, 5.74) is 4.31. The second kappa shape index (κ2) is 9.84. The van der Waals surface area contributed by atoms with Crippen LogP contribution in [0.1, 0.15) is 36.0 Å². The van der Waals surface area contributed by atoms with Crippen molar-refractivity contribution in [3.05, 3.63) is 114 Å². The second-order valence-corrected chi connectivity index (χ2v) is 8.36. The van der Waals surface area contributed by atoms with Crippen molar-refractivity contribution in [1.29, 1.82) is 0 Å². The number of benzene rings is 4. The van der Waals surface area contributed by atoms with Gasteiger partial charge < -0.3 is 14.5 Å². The molecule has 1 N–H and O–H groups in total. The maximum atomic E-state index is 12.6. The number of aromatic nitrogens is 1. The molecule has 1 heterocycles. The number of esters is 1. The van der Waals surface area contributed by atoms with E-state index in [1.54, 1.807) is 0 Å². The van der Waals surface area contributed by atoms with Gasteiger partial charge in [-0.1, -0.05) is 72.8 Å². The fourth-order valence-electron chi connectivity index (χ4n) is 4.58. The van der Waals surface area contributed by atoms with E-state index >= 15 is 0 Å². The Hall–Kier alpha value is -4.05. The molecule has 0 spiro atoms. The van der Waals surface area contributed by atoms with Gasteiger partial charge >= 0.3 is 5.97 Å². The van der Waals surface area contributed by atoms with Gasteiger partial charge in [-0.2, -0.15) is 0 Å². The molecule has 5 aromatic rings. The maximum Gasteiger partial charge on any atom is 0.306 e. The number of rotatable bonds is 8. The van der Waals surface area contributed by atoms with Crippen molar-refractivity contribution < 1.29 is 14.3 Å². The third-order valence-corrected chi connectivity index (χ3v) is 6.18. The average molecular weight is 450 g/mol. The molecule has 1 unspecified atom stereocenters. The first kappa shape index (κ1) is 21.8. The van der Waals surface area contributed by atoms with E-state index < -0.39 is 0 Å². The largest absolute Gasteiger partial charge is 0.489 e. The van der Waals surface area contributed by atoms with Crippen LogP contribution in [0.15, 0.2) is 97.2 Å². The number of hydrogen-bond acceptors (Lipinski definition) is 3. The van der Waals surface area contributed by atoms with Crippen LogP contribution < -0.4 is 4.74 Å². The van der Waals surface area contributed by atoms with Gasteiger partial charge in [-0.25, -0.2) is 0 Å². The number of H-pyrrole nitrogens is 1. The van der Waals surface area contributed by atoms with Crippen LogP contribution in [0.5, 0.6) is 5.75 Å². The zero-order chi connectivity index (χ0) is 23.3. The molecular formula is C30H27NO3. The smallest absolute Gasteiger partial charge is 0.306 e. The van der Waals surface area contributed by atoms with Crippen LogP contribution in [0.3, 0.4) is 0 Å². The fraction of sp³-hybridized carbons (Fsp3) is 0.167. The molecule has 0 aliphatic rings. The van der Waals surface area contributed by atoms with Gasteiger partial charge in [0.25, 0.3) is 0 Å². The van der Waals surface area contributed by atoms with Gasteiger partial charge in [-0.3, -0.25) is 4.79 Å². The standard InChI is InChI=1S/C30H27NO3/c1-2-33-30(32)18-27(25-14-8-12-22-11-6-7-13-24(22)25)28-19-31-29-17-23(15-16-26(28)29)34-20-21-9-4-3-5-10-21/h3-17,19,27,31H,2,18,20H2,1H3. The van der Waals surface area contributed by atoms with E-state index in [1.807, 2.05) is 55.6 Å². The highest BCUT2D eigenvalue weighted by Gasteiger charge is 2.24. The summed E-state index contributed by atoms with van der Waals surface area (Å²) in [5, 5.41) is 3.39. The summed E-state index contributed by atoms with van der Waals surface area (Å²) in [6, 6.07) is 30.8. The molecule has 4 aromatic carbocycles. The third-order valence-electron chi connectivity index (χ3n) is 6.18. The third kappa shape index (κ3) is 4.53. The molecule has 0 fully saturated rings. The molecule has 0 radical (unpaired) electrons. The molecule has 0 amide bonds. The molecule has 5 rings (SSSR count). The molecule has 0 bridgehead atoms. The number of fused-ring (bicyclic) bond motifs is 2. The van der Waals surface area contributed by atoms with Crippen molar-refractivity contribution in [2.24, 2.45) is 0 Å². The Kier molecular flexibility index (Phi) is 6.30. The lowest BCUT2D eigenvalue weighted by molar-refractivity contribution is -0.143. The molecule has 4 heteroatoms. The second-order valence-electron chi connectivity index (χ2n) is 8.36. The first-order valence-corrected chi connectivity index (χ1v) is 11.6. The number of carbonyl (C=O) groups is 1. The summed E-state index contributed by atoms with van der Waals surface area (Å²) in [6.45, 7) is 2.73. The summed E-state index contributed by atoms with van der Waals surface area (Å²) >= 11 is 0. The van der Waals surface area contributed by atoms with Gasteiger partial charge in [0.2, 0.25) is 0 Å². The van der Waals surface area contributed by atoms with Crippen LogP contribution in [0.2, 0.25) is 0 Å². The van der Waals surface area contributed by atoms with Crippen molar-refractivity contribution in [1.82, 2.24) is 4.98 Å². The van der Waals surface area contributed by atoms with E-state index in [-0.39, 0.29) is 18.3 Å². The highest BCUT2D eigenvalue weighted by Crippen LogP contribution is 2.38. The van der Waals surface area contributed by atoms with Crippen LogP contribution in [-0.2, 0) is 16.1 Å². The molecule has 170 valence electrons. The number of aromatic amines is 1. The average Bonchev–Trinajstić information content (AvgIpc) is 3.30. The van der Waals surface area contributed by atoms with E-state index in [1.165, 1.54) is 0 Å². The monoisotopic (exact) mass is 449 g/mol. The molecule has 0 saturated heterocycles. The maximum absolute atomic E-state index is 12.6. The van der Waals surface area contributed by atoms with E-state index in [2.05, 4.69) is 53.5 Å². The summed E-state index contributed by atoms with van der Waals surface area (Å²) in [5.74, 6) is 0.476. The van der Waals surface area contributed by atoms with Crippen LogP contribution in [0.25, 0.3) is 21.7 Å². The molecule has 4 nitrogen and oxygen atoms in total. The van der Waals surface area contributed by atoms with Crippen LogP contribution in [0.4, 0.5) is 0 Å². The Bertz CT molecular complexity index is 1420. The van der Waals surface area contributed by atoms with Gasteiger partial charge in [0.15, 0.2) is 0 Å².